The maximum atomic E-state index is 12.1. The number of hydrogen-bond acceptors (Lipinski definition) is 4. The Morgan fingerprint density at radius 3 is 2.79 bits per heavy atom. The summed E-state index contributed by atoms with van der Waals surface area (Å²) in [6, 6.07) is 8.85. The lowest BCUT2D eigenvalue weighted by Crippen LogP contribution is -2.14. The lowest BCUT2D eigenvalue weighted by Gasteiger charge is -2.08. The van der Waals surface area contributed by atoms with Crippen LogP contribution in [0.15, 0.2) is 36.5 Å². The molecule has 0 unspecified atom stereocenters. The van der Waals surface area contributed by atoms with Gasteiger partial charge in [-0.05, 0) is 38.1 Å². The molecule has 0 aliphatic carbocycles. The Balaban J connectivity index is 2.19. The molecule has 0 aliphatic rings. The highest BCUT2D eigenvalue weighted by Crippen LogP contribution is 2.12. The first-order chi connectivity index (χ1) is 9.19. The molecule has 2 aromatic rings. The van der Waals surface area contributed by atoms with Crippen molar-refractivity contribution in [2.24, 2.45) is 0 Å². The smallest absolute Gasteiger partial charge is 0.257 e. The van der Waals surface area contributed by atoms with E-state index in [1.807, 2.05) is 19.9 Å². The zero-order valence-corrected chi connectivity index (χ0v) is 11.0. The van der Waals surface area contributed by atoms with Crippen LogP contribution in [0.25, 0.3) is 0 Å². The molecule has 5 heteroatoms. The SMILES string of the molecule is CCNc1cc(C(=O)Nc2ccccn2)cc(C)n1. The second kappa shape index (κ2) is 5.95. The Bertz CT molecular complexity index is 569. The Morgan fingerprint density at radius 2 is 2.11 bits per heavy atom. The number of rotatable bonds is 4. The van der Waals surface area contributed by atoms with Crippen LogP contribution in [0.2, 0.25) is 0 Å². The van der Waals surface area contributed by atoms with Gasteiger partial charge in [0.15, 0.2) is 0 Å². The summed E-state index contributed by atoms with van der Waals surface area (Å²) >= 11 is 0. The number of amides is 1. The fraction of sp³-hybridized carbons (Fsp3) is 0.214. The van der Waals surface area contributed by atoms with E-state index >= 15 is 0 Å². The molecule has 2 aromatic heterocycles. The number of anilines is 2. The van der Waals surface area contributed by atoms with Crippen LogP contribution in [0.1, 0.15) is 23.0 Å². The van der Waals surface area contributed by atoms with E-state index in [1.165, 1.54) is 0 Å². The summed E-state index contributed by atoms with van der Waals surface area (Å²) in [5, 5.41) is 5.85. The summed E-state index contributed by atoms with van der Waals surface area (Å²) in [6.45, 7) is 4.60. The summed E-state index contributed by atoms with van der Waals surface area (Å²) in [5.74, 6) is 1.05. The second-order valence-corrected chi connectivity index (χ2v) is 4.08. The van der Waals surface area contributed by atoms with E-state index in [4.69, 9.17) is 0 Å². The molecule has 98 valence electrons. The van der Waals surface area contributed by atoms with Crippen LogP contribution in [-0.4, -0.2) is 22.4 Å². The van der Waals surface area contributed by atoms with Gasteiger partial charge in [0.2, 0.25) is 0 Å². The molecular formula is C14H16N4O. The van der Waals surface area contributed by atoms with Crippen molar-refractivity contribution in [3.8, 4) is 0 Å². The third-order valence-electron chi connectivity index (χ3n) is 2.48. The lowest BCUT2D eigenvalue weighted by atomic mass is 10.2. The van der Waals surface area contributed by atoms with Crippen molar-refractivity contribution in [2.75, 3.05) is 17.2 Å². The number of aryl methyl sites for hydroxylation is 1. The largest absolute Gasteiger partial charge is 0.370 e. The quantitative estimate of drug-likeness (QED) is 0.881. The number of nitrogens with zero attached hydrogens (tertiary/aromatic N) is 2. The van der Waals surface area contributed by atoms with Crippen LogP contribution >= 0.6 is 0 Å². The molecule has 0 aromatic carbocycles. The van der Waals surface area contributed by atoms with Gasteiger partial charge in [0.1, 0.15) is 11.6 Å². The second-order valence-electron chi connectivity index (χ2n) is 4.08. The standard InChI is InChI=1S/C14H16N4O/c1-3-15-13-9-11(8-10(2)17-13)14(19)18-12-6-4-5-7-16-12/h4-9H,3H2,1-2H3,(H,15,17)(H,16,18,19). The molecule has 2 rings (SSSR count). The fourth-order valence-corrected chi connectivity index (χ4v) is 1.70. The molecule has 2 heterocycles. The first-order valence-corrected chi connectivity index (χ1v) is 6.14. The van der Waals surface area contributed by atoms with Gasteiger partial charge in [-0.25, -0.2) is 9.97 Å². The zero-order valence-electron chi connectivity index (χ0n) is 11.0. The maximum absolute atomic E-state index is 12.1. The van der Waals surface area contributed by atoms with Gasteiger partial charge in [-0.15, -0.1) is 0 Å². The molecule has 0 saturated carbocycles. The summed E-state index contributed by atoms with van der Waals surface area (Å²) in [7, 11) is 0. The summed E-state index contributed by atoms with van der Waals surface area (Å²) in [6.07, 6.45) is 1.64. The van der Waals surface area contributed by atoms with E-state index in [1.54, 1.807) is 30.5 Å². The van der Waals surface area contributed by atoms with E-state index in [0.29, 0.717) is 17.2 Å². The minimum Gasteiger partial charge on any atom is -0.370 e. The number of hydrogen-bond donors (Lipinski definition) is 2. The van der Waals surface area contributed by atoms with E-state index in [-0.39, 0.29) is 5.91 Å². The van der Waals surface area contributed by atoms with E-state index in [2.05, 4.69) is 20.6 Å². The normalized spacial score (nSPS) is 10.0. The van der Waals surface area contributed by atoms with Crippen LogP contribution in [0.5, 0.6) is 0 Å². The van der Waals surface area contributed by atoms with Crippen LogP contribution in [0.4, 0.5) is 11.6 Å². The highest BCUT2D eigenvalue weighted by molar-refractivity contribution is 6.04. The Labute approximate surface area is 112 Å². The predicted molar refractivity (Wildman–Crippen MR) is 75.3 cm³/mol. The van der Waals surface area contributed by atoms with Gasteiger partial charge in [0, 0.05) is 24.0 Å². The lowest BCUT2D eigenvalue weighted by molar-refractivity contribution is 0.102. The van der Waals surface area contributed by atoms with Crippen LogP contribution in [0, 0.1) is 6.92 Å². The molecule has 0 bridgehead atoms. The summed E-state index contributed by atoms with van der Waals surface area (Å²) in [4.78, 5) is 20.5. The number of pyridine rings is 2. The van der Waals surface area contributed by atoms with Crippen molar-refractivity contribution in [2.45, 2.75) is 13.8 Å². The maximum Gasteiger partial charge on any atom is 0.257 e. The van der Waals surface area contributed by atoms with Crippen molar-refractivity contribution < 1.29 is 4.79 Å². The van der Waals surface area contributed by atoms with Crippen molar-refractivity contribution in [1.82, 2.24) is 9.97 Å². The molecule has 0 spiro atoms. The molecular weight excluding hydrogens is 240 g/mol. The van der Waals surface area contributed by atoms with Crippen molar-refractivity contribution >= 4 is 17.5 Å². The topological polar surface area (TPSA) is 66.9 Å². The van der Waals surface area contributed by atoms with Crippen molar-refractivity contribution in [3.05, 3.63) is 47.8 Å². The van der Waals surface area contributed by atoms with Gasteiger partial charge in [-0.3, -0.25) is 4.79 Å². The monoisotopic (exact) mass is 256 g/mol. The number of carbonyl (C=O) groups is 1. The zero-order chi connectivity index (χ0) is 13.7. The highest BCUT2D eigenvalue weighted by Gasteiger charge is 2.09. The average Bonchev–Trinajstić information content (AvgIpc) is 2.39. The first kappa shape index (κ1) is 13.0. The van der Waals surface area contributed by atoms with Gasteiger partial charge < -0.3 is 10.6 Å². The summed E-state index contributed by atoms with van der Waals surface area (Å²) in [5.41, 5.74) is 1.36. The number of nitrogens with one attached hydrogen (secondary N) is 2. The molecule has 2 N–H and O–H groups in total. The van der Waals surface area contributed by atoms with Gasteiger partial charge in [0.25, 0.3) is 5.91 Å². The highest BCUT2D eigenvalue weighted by atomic mass is 16.1. The number of carbonyl (C=O) groups excluding carboxylic acids is 1. The molecule has 0 saturated heterocycles. The van der Waals surface area contributed by atoms with Gasteiger partial charge in [0.05, 0.1) is 0 Å². The van der Waals surface area contributed by atoms with Gasteiger partial charge >= 0.3 is 0 Å². The molecule has 0 fully saturated rings. The van der Waals surface area contributed by atoms with Crippen LogP contribution in [0.3, 0.4) is 0 Å². The predicted octanol–water partition coefficient (Wildman–Crippen LogP) is 2.47. The first-order valence-electron chi connectivity index (χ1n) is 6.14. The average molecular weight is 256 g/mol. The molecule has 5 nitrogen and oxygen atoms in total. The summed E-state index contributed by atoms with van der Waals surface area (Å²) < 4.78 is 0. The molecule has 0 radical (unpaired) electrons. The Morgan fingerprint density at radius 1 is 1.26 bits per heavy atom. The van der Waals surface area contributed by atoms with Crippen molar-refractivity contribution in [1.29, 1.82) is 0 Å². The Hall–Kier alpha value is -2.43. The minimum atomic E-state index is -0.191. The molecule has 1 amide bonds. The third kappa shape index (κ3) is 3.51. The van der Waals surface area contributed by atoms with Gasteiger partial charge in [-0.1, -0.05) is 6.07 Å². The van der Waals surface area contributed by atoms with Crippen LogP contribution in [-0.2, 0) is 0 Å². The third-order valence-corrected chi connectivity index (χ3v) is 2.48. The fourth-order valence-electron chi connectivity index (χ4n) is 1.70. The molecule has 19 heavy (non-hydrogen) atoms. The molecule has 0 aliphatic heterocycles. The Kier molecular flexibility index (Phi) is 4.07. The van der Waals surface area contributed by atoms with Crippen molar-refractivity contribution in [3.63, 3.8) is 0 Å². The molecule has 0 atom stereocenters. The van der Waals surface area contributed by atoms with E-state index in [0.717, 1.165) is 12.2 Å². The number of aromatic nitrogens is 2. The van der Waals surface area contributed by atoms with Gasteiger partial charge in [-0.2, -0.15) is 0 Å². The van der Waals surface area contributed by atoms with E-state index < -0.39 is 0 Å². The van der Waals surface area contributed by atoms with E-state index in [9.17, 15) is 4.79 Å². The minimum absolute atomic E-state index is 0.191. The van der Waals surface area contributed by atoms with Crippen LogP contribution < -0.4 is 10.6 Å².